The molecule has 2 aromatic rings. The molecule has 1 aliphatic heterocycles. The summed E-state index contributed by atoms with van der Waals surface area (Å²) in [5.74, 6) is -1.28. The van der Waals surface area contributed by atoms with Gasteiger partial charge in [0.2, 0.25) is 5.91 Å². The van der Waals surface area contributed by atoms with Gasteiger partial charge in [-0.1, -0.05) is 48.5 Å². The van der Waals surface area contributed by atoms with Gasteiger partial charge in [-0.25, -0.2) is 9.59 Å². The number of ether oxygens (including phenoxy) is 2. The predicted molar refractivity (Wildman–Crippen MR) is 128 cm³/mol. The van der Waals surface area contributed by atoms with Crippen LogP contribution in [0.1, 0.15) is 43.2 Å². The largest absolute Gasteiger partial charge is 0.480 e. The third-order valence-corrected chi connectivity index (χ3v) is 7.46. The Morgan fingerprint density at radius 2 is 1.71 bits per heavy atom. The zero-order valence-corrected chi connectivity index (χ0v) is 19.7. The predicted octanol–water partition coefficient (Wildman–Crippen LogP) is 3.40. The zero-order chi connectivity index (χ0) is 24.6. The van der Waals surface area contributed by atoms with E-state index in [-0.39, 0.29) is 43.9 Å². The van der Waals surface area contributed by atoms with E-state index in [9.17, 15) is 19.5 Å². The number of nitrogens with one attached hydrogen (secondary N) is 1. The topological polar surface area (TPSA) is 105 Å². The Hall–Kier alpha value is -3.39. The van der Waals surface area contributed by atoms with Gasteiger partial charge in [-0.15, -0.1) is 0 Å². The van der Waals surface area contributed by atoms with Crippen LogP contribution in [0.15, 0.2) is 48.5 Å². The van der Waals surface area contributed by atoms with E-state index < -0.39 is 23.6 Å². The Labute approximate surface area is 204 Å². The quantitative estimate of drug-likeness (QED) is 0.632. The molecule has 1 saturated carbocycles. The smallest absolute Gasteiger partial charge is 0.407 e. The van der Waals surface area contributed by atoms with Crippen molar-refractivity contribution in [2.45, 2.75) is 43.7 Å². The maximum absolute atomic E-state index is 13.1. The van der Waals surface area contributed by atoms with Crippen molar-refractivity contribution in [3.8, 4) is 11.1 Å². The van der Waals surface area contributed by atoms with Gasteiger partial charge in [0.15, 0.2) is 6.04 Å². The van der Waals surface area contributed by atoms with Crippen LogP contribution < -0.4 is 5.32 Å². The number of aliphatic carboxylic acids is 1. The summed E-state index contributed by atoms with van der Waals surface area (Å²) < 4.78 is 11.0. The van der Waals surface area contributed by atoms with E-state index in [1.165, 1.54) is 4.90 Å². The van der Waals surface area contributed by atoms with Gasteiger partial charge < -0.3 is 24.8 Å². The summed E-state index contributed by atoms with van der Waals surface area (Å²) in [5.41, 5.74) is 3.77. The zero-order valence-electron chi connectivity index (χ0n) is 19.7. The molecule has 5 rings (SSSR count). The van der Waals surface area contributed by atoms with Crippen LogP contribution in [0.4, 0.5) is 4.79 Å². The number of carboxylic acid groups (broad SMARTS) is 1. The molecular formula is C27H30N2O6. The highest BCUT2D eigenvalue weighted by atomic mass is 16.5. The SMILES string of the molecule is CC(CC(=O)N1CCOCC1C(=O)O)(NC(=O)OCC1c2ccccc2-c2ccccc21)C1CC1. The van der Waals surface area contributed by atoms with Crippen LogP contribution in [-0.4, -0.2) is 65.9 Å². The molecule has 2 N–H and O–H groups in total. The van der Waals surface area contributed by atoms with Crippen molar-refractivity contribution in [3.05, 3.63) is 59.7 Å². The van der Waals surface area contributed by atoms with Gasteiger partial charge in [-0.3, -0.25) is 4.79 Å². The van der Waals surface area contributed by atoms with Crippen LogP contribution >= 0.6 is 0 Å². The van der Waals surface area contributed by atoms with Gasteiger partial charge in [0, 0.05) is 12.5 Å². The van der Waals surface area contributed by atoms with E-state index in [4.69, 9.17) is 9.47 Å². The van der Waals surface area contributed by atoms with Crippen LogP contribution in [0.3, 0.4) is 0 Å². The minimum absolute atomic E-state index is 0.0195. The Morgan fingerprint density at radius 3 is 2.31 bits per heavy atom. The fourth-order valence-electron chi connectivity index (χ4n) is 5.40. The van der Waals surface area contributed by atoms with Gasteiger partial charge in [0.05, 0.1) is 25.2 Å². The van der Waals surface area contributed by atoms with Crippen LogP contribution in [0, 0.1) is 5.92 Å². The minimum Gasteiger partial charge on any atom is -0.480 e. The molecule has 8 heteroatoms. The van der Waals surface area contributed by atoms with Crippen molar-refractivity contribution < 1.29 is 29.0 Å². The molecule has 2 amide bonds. The highest BCUT2D eigenvalue weighted by molar-refractivity contribution is 5.85. The van der Waals surface area contributed by atoms with Crippen LogP contribution in [0.25, 0.3) is 11.1 Å². The normalized spacial score (nSPS) is 20.9. The fourth-order valence-corrected chi connectivity index (χ4v) is 5.40. The van der Waals surface area contributed by atoms with Crippen molar-refractivity contribution in [2.75, 3.05) is 26.4 Å². The van der Waals surface area contributed by atoms with Crippen molar-refractivity contribution in [1.82, 2.24) is 10.2 Å². The molecule has 0 spiro atoms. The minimum atomic E-state index is -1.09. The van der Waals surface area contributed by atoms with Crippen molar-refractivity contribution >= 4 is 18.0 Å². The van der Waals surface area contributed by atoms with E-state index >= 15 is 0 Å². The summed E-state index contributed by atoms with van der Waals surface area (Å²) in [6.07, 6.45) is 1.26. The molecule has 0 radical (unpaired) electrons. The summed E-state index contributed by atoms with van der Waals surface area (Å²) in [6.45, 7) is 2.54. The number of amides is 2. The second kappa shape index (κ2) is 9.34. The summed E-state index contributed by atoms with van der Waals surface area (Å²) in [5, 5.41) is 12.4. The van der Waals surface area contributed by atoms with E-state index in [2.05, 4.69) is 29.6 Å². The van der Waals surface area contributed by atoms with Gasteiger partial charge in [0.25, 0.3) is 0 Å². The summed E-state index contributed by atoms with van der Waals surface area (Å²) in [7, 11) is 0. The molecule has 2 unspecified atom stereocenters. The first-order valence-electron chi connectivity index (χ1n) is 12.1. The lowest BCUT2D eigenvalue weighted by molar-refractivity contribution is -0.159. The molecule has 184 valence electrons. The van der Waals surface area contributed by atoms with Gasteiger partial charge in [0.1, 0.15) is 6.61 Å². The first kappa shape index (κ1) is 23.4. The summed E-state index contributed by atoms with van der Waals surface area (Å²) in [4.78, 5) is 39.0. The third kappa shape index (κ3) is 4.62. The fraction of sp³-hybridized carbons (Fsp3) is 0.444. The number of alkyl carbamates (subject to hydrolysis) is 1. The second-order valence-electron chi connectivity index (χ2n) is 9.84. The second-order valence-corrected chi connectivity index (χ2v) is 9.84. The number of fused-ring (bicyclic) bond motifs is 3. The number of benzene rings is 2. The van der Waals surface area contributed by atoms with Crippen molar-refractivity contribution in [1.29, 1.82) is 0 Å². The third-order valence-electron chi connectivity index (χ3n) is 7.46. The number of carbonyl (C=O) groups is 3. The highest BCUT2D eigenvalue weighted by Gasteiger charge is 2.46. The number of nitrogens with zero attached hydrogens (tertiary/aromatic N) is 1. The number of carboxylic acids is 1. The Bertz CT molecular complexity index is 1100. The molecule has 8 nitrogen and oxygen atoms in total. The van der Waals surface area contributed by atoms with Gasteiger partial charge in [-0.05, 0) is 47.9 Å². The van der Waals surface area contributed by atoms with Crippen molar-refractivity contribution in [3.63, 3.8) is 0 Å². The van der Waals surface area contributed by atoms with Crippen LogP contribution in [0.5, 0.6) is 0 Å². The van der Waals surface area contributed by atoms with E-state index in [0.29, 0.717) is 6.61 Å². The summed E-state index contributed by atoms with van der Waals surface area (Å²) in [6, 6.07) is 15.3. The van der Waals surface area contributed by atoms with E-state index in [1.807, 2.05) is 31.2 Å². The molecular weight excluding hydrogens is 448 g/mol. The van der Waals surface area contributed by atoms with Crippen molar-refractivity contribution in [2.24, 2.45) is 5.92 Å². The van der Waals surface area contributed by atoms with Crippen LogP contribution in [0.2, 0.25) is 0 Å². The average molecular weight is 479 g/mol. The lowest BCUT2D eigenvalue weighted by Crippen LogP contribution is -2.56. The standard InChI is InChI=1S/C27H30N2O6/c1-27(17-10-11-17,14-24(30)29-12-13-34-16-23(29)25(31)32)28-26(33)35-15-22-20-8-4-2-6-18(20)19-7-3-5-9-21(19)22/h2-9,17,22-23H,10-16H2,1H3,(H,28,33)(H,31,32). The van der Waals surface area contributed by atoms with Gasteiger partial charge >= 0.3 is 12.1 Å². The monoisotopic (exact) mass is 478 g/mol. The molecule has 3 aliphatic rings. The molecule has 2 aromatic carbocycles. The van der Waals surface area contributed by atoms with E-state index in [1.54, 1.807) is 0 Å². The number of rotatable bonds is 7. The first-order valence-corrected chi connectivity index (χ1v) is 12.1. The highest BCUT2D eigenvalue weighted by Crippen LogP contribution is 2.45. The number of carbonyl (C=O) groups excluding carboxylic acids is 2. The summed E-state index contributed by atoms with van der Waals surface area (Å²) >= 11 is 0. The number of hydrogen-bond donors (Lipinski definition) is 2. The molecule has 2 fully saturated rings. The van der Waals surface area contributed by atoms with Gasteiger partial charge in [-0.2, -0.15) is 0 Å². The lowest BCUT2D eigenvalue weighted by atomic mass is 9.90. The maximum atomic E-state index is 13.1. The first-order chi connectivity index (χ1) is 16.9. The van der Waals surface area contributed by atoms with E-state index in [0.717, 1.165) is 35.1 Å². The molecule has 1 heterocycles. The molecule has 0 aromatic heterocycles. The average Bonchev–Trinajstić information content (AvgIpc) is 3.67. The molecule has 35 heavy (non-hydrogen) atoms. The Morgan fingerprint density at radius 1 is 1.09 bits per heavy atom. The van der Waals surface area contributed by atoms with Crippen LogP contribution in [-0.2, 0) is 19.1 Å². The molecule has 0 bridgehead atoms. The molecule has 1 saturated heterocycles. The number of morpholine rings is 1. The Balaban J connectivity index is 1.25. The Kier molecular flexibility index (Phi) is 6.23. The maximum Gasteiger partial charge on any atom is 0.407 e. The molecule has 2 atom stereocenters. The molecule has 2 aliphatic carbocycles. The number of hydrogen-bond acceptors (Lipinski definition) is 5. The lowest BCUT2D eigenvalue weighted by Gasteiger charge is -2.37.